The molecule has 120 valence electrons. The van der Waals surface area contributed by atoms with Gasteiger partial charge >= 0.3 is 0 Å². The summed E-state index contributed by atoms with van der Waals surface area (Å²) in [5.74, 6) is -0.939. The second-order valence-electron chi connectivity index (χ2n) is 5.18. The number of fused-ring (bicyclic) bond motifs is 1. The Morgan fingerprint density at radius 1 is 1.25 bits per heavy atom. The number of hydrogen-bond acceptors (Lipinski definition) is 5. The molecule has 8 heteroatoms. The van der Waals surface area contributed by atoms with Crippen LogP contribution >= 0.6 is 0 Å². The Hall–Kier alpha value is -3.55. The second kappa shape index (κ2) is 5.92. The number of nitrogens with zero attached hydrogens (tertiary/aromatic N) is 3. The number of nitrogens with one attached hydrogen (secondary N) is 1. The maximum Gasteiger partial charge on any atom is 0.295 e. The molecule has 0 saturated carbocycles. The van der Waals surface area contributed by atoms with E-state index in [1.54, 1.807) is 12.1 Å². The molecule has 0 radical (unpaired) electrons. The zero-order valence-corrected chi connectivity index (χ0v) is 12.6. The molecule has 0 aliphatic carbocycles. The molecule has 0 bridgehead atoms. The van der Waals surface area contributed by atoms with Gasteiger partial charge in [-0.1, -0.05) is 17.7 Å². The van der Waals surface area contributed by atoms with Crippen molar-refractivity contribution in [3.05, 3.63) is 63.7 Å². The van der Waals surface area contributed by atoms with Gasteiger partial charge in [0.25, 0.3) is 11.6 Å². The molecule has 1 aromatic heterocycles. The number of amides is 1. The number of benzene rings is 2. The monoisotopic (exact) mass is 324 g/mol. The number of nitro groups is 1. The summed E-state index contributed by atoms with van der Waals surface area (Å²) in [4.78, 5) is 24.9. The number of rotatable bonds is 3. The number of aromatic amines is 1. The van der Waals surface area contributed by atoms with Gasteiger partial charge in [0, 0.05) is 17.5 Å². The van der Waals surface area contributed by atoms with Gasteiger partial charge in [0.1, 0.15) is 0 Å². The fourth-order valence-electron chi connectivity index (χ4n) is 2.28. The molecule has 2 aromatic carbocycles. The van der Waals surface area contributed by atoms with Gasteiger partial charge in [-0.2, -0.15) is 0 Å². The van der Waals surface area contributed by atoms with E-state index in [-0.39, 0.29) is 22.8 Å². The Labute approximate surface area is 135 Å². The van der Waals surface area contributed by atoms with E-state index in [1.165, 1.54) is 18.2 Å². The Morgan fingerprint density at radius 2 is 2.04 bits per heavy atom. The van der Waals surface area contributed by atoms with E-state index in [0.29, 0.717) is 10.9 Å². The molecule has 3 aromatic rings. The quantitative estimate of drug-likeness (QED) is 0.429. The molecule has 0 aliphatic heterocycles. The number of non-ortho nitro benzene ring substituents is 1. The van der Waals surface area contributed by atoms with Crippen LogP contribution in [0.4, 0.5) is 11.4 Å². The fourth-order valence-corrected chi connectivity index (χ4v) is 2.28. The molecule has 0 aliphatic rings. The predicted octanol–water partition coefficient (Wildman–Crippen LogP) is 4.01. The van der Waals surface area contributed by atoms with E-state index in [2.05, 4.69) is 15.2 Å². The van der Waals surface area contributed by atoms with Crippen molar-refractivity contribution < 1.29 is 14.8 Å². The van der Waals surface area contributed by atoms with E-state index in [0.717, 1.165) is 11.6 Å². The average Bonchev–Trinajstić information content (AvgIpc) is 2.87. The maximum atomic E-state index is 12.1. The SMILES string of the molecule is Cc1ccc2[nH]c(O)c(N=NC(=O)c3cccc([N+](=O)[O-])c3)c2c1. The van der Waals surface area contributed by atoms with Crippen molar-refractivity contribution in [3.8, 4) is 5.88 Å². The zero-order valence-electron chi connectivity index (χ0n) is 12.6. The summed E-state index contributed by atoms with van der Waals surface area (Å²) >= 11 is 0. The lowest BCUT2D eigenvalue weighted by atomic mass is 10.1. The lowest BCUT2D eigenvalue weighted by Gasteiger charge is -1.96. The number of aryl methyl sites for hydroxylation is 1. The average molecular weight is 324 g/mol. The van der Waals surface area contributed by atoms with Crippen LogP contribution in [0.3, 0.4) is 0 Å². The van der Waals surface area contributed by atoms with Crippen LogP contribution in [0, 0.1) is 17.0 Å². The van der Waals surface area contributed by atoms with Crippen LogP contribution in [0.2, 0.25) is 0 Å². The third-order valence-electron chi connectivity index (χ3n) is 3.45. The first kappa shape index (κ1) is 15.3. The Balaban J connectivity index is 1.95. The smallest absolute Gasteiger partial charge is 0.295 e. The highest BCUT2D eigenvalue weighted by atomic mass is 16.6. The summed E-state index contributed by atoms with van der Waals surface area (Å²) in [6, 6.07) is 10.7. The topological polar surface area (TPSA) is 121 Å². The summed E-state index contributed by atoms with van der Waals surface area (Å²) < 4.78 is 0. The summed E-state index contributed by atoms with van der Waals surface area (Å²) in [6.07, 6.45) is 0. The van der Waals surface area contributed by atoms with Crippen molar-refractivity contribution in [2.45, 2.75) is 6.92 Å². The van der Waals surface area contributed by atoms with Gasteiger partial charge in [-0.25, -0.2) is 0 Å². The van der Waals surface area contributed by atoms with Gasteiger partial charge < -0.3 is 10.1 Å². The number of nitro benzene ring substituents is 1. The fraction of sp³-hybridized carbons (Fsp3) is 0.0625. The number of azo groups is 1. The number of H-pyrrole nitrogens is 1. The lowest BCUT2D eigenvalue weighted by molar-refractivity contribution is -0.384. The molecular formula is C16H12N4O4. The molecule has 1 amide bonds. The molecule has 0 atom stereocenters. The molecule has 2 N–H and O–H groups in total. The third-order valence-corrected chi connectivity index (χ3v) is 3.45. The maximum absolute atomic E-state index is 12.1. The predicted molar refractivity (Wildman–Crippen MR) is 86.6 cm³/mol. The minimum absolute atomic E-state index is 0.0449. The number of aromatic hydroxyl groups is 1. The standard InChI is InChI=1S/C16H12N4O4/c1-9-5-6-13-12(7-9)14(16(22)17-13)18-19-15(21)10-3-2-4-11(8-10)20(23)24/h2-8,17,22H,1H3. The van der Waals surface area contributed by atoms with Gasteiger partial charge in [-0.3, -0.25) is 14.9 Å². The van der Waals surface area contributed by atoms with Crippen LogP contribution in [0.15, 0.2) is 52.7 Å². The van der Waals surface area contributed by atoms with Crippen LogP contribution in [0.1, 0.15) is 15.9 Å². The van der Waals surface area contributed by atoms with E-state index in [4.69, 9.17) is 0 Å². The van der Waals surface area contributed by atoms with Crippen molar-refractivity contribution in [2.24, 2.45) is 10.2 Å². The normalized spacial score (nSPS) is 11.2. The van der Waals surface area contributed by atoms with Crippen molar-refractivity contribution >= 4 is 28.2 Å². The number of carbonyl (C=O) groups is 1. The van der Waals surface area contributed by atoms with Gasteiger partial charge in [0.15, 0.2) is 5.69 Å². The molecule has 8 nitrogen and oxygen atoms in total. The summed E-state index contributed by atoms with van der Waals surface area (Å²) in [6.45, 7) is 1.89. The number of carbonyl (C=O) groups excluding carboxylic acids is 1. The van der Waals surface area contributed by atoms with Gasteiger partial charge in [0.05, 0.1) is 16.0 Å². The van der Waals surface area contributed by atoms with Crippen molar-refractivity contribution in [1.82, 2.24) is 4.98 Å². The van der Waals surface area contributed by atoms with E-state index >= 15 is 0 Å². The van der Waals surface area contributed by atoms with E-state index in [1.807, 2.05) is 13.0 Å². The minimum atomic E-state index is -0.736. The molecule has 0 saturated heterocycles. The first-order valence-electron chi connectivity index (χ1n) is 6.97. The van der Waals surface area contributed by atoms with Gasteiger partial charge in [-0.05, 0) is 25.1 Å². The first-order chi connectivity index (χ1) is 11.5. The van der Waals surface area contributed by atoms with Crippen LogP contribution in [0.25, 0.3) is 10.9 Å². The van der Waals surface area contributed by atoms with Crippen molar-refractivity contribution in [1.29, 1.82) is 0 Å². The number of aromatic nitrogens is 1. The summed E-state index contributed by atoms with van der Waals surface area (Å²) in [5, 5.41) is 28.7. The largest absolute Gasteiger partial charge is 0.493 e. The highest BCUT2D eigenvalue weighted by molar-refractivity contribution is 5.97. The molecule has 0 fully saturated rings. The Kier molecular flexibility index (Phi) is 3.78. The van der Waals surface area contributed by atoms with E-state index < -0.39 is 10.8 Å². The van der Waals surface area contributed by atoms with Crippen LogP contribution in [-0.4, -0.2) is 20.9 Å². The van der Waals surface area contributed by atoms with Crippen LogP contribution < -0.4 is 0 Å². The van der Waals surface area contributed by atoms with Crippen molar-refractivity contribution in [3.63, 3.8) is 0 Å². The highest BCUT2D eigenvalue weighted by Gasteiger charge is 2.13. The van der Waals surface area contributed by atoms with Gasteiger partial charge in [0.2, 0.25) is 5.88 Å². The first-order valence-corrected chi connectivity index (χ1v) is 6.97. The molecule has 3 rings (SSSR count). The molecular weight excluding hydrogens is 312 g/mol. The van der Waals surface area contributed by atoms with Crippen LogP contribution in [0.5, 0.6) is 5.88 Å². The van der Waals surface area contributed by atoms with Crippen LogP contribution in [-0.2, 0) is 0 Å². The summed E-state index contributed by atoms with van der Waals surface area (Å²) in [7, 11) is 0. The lowest BCUT2D eigenvalue weighted by Crippen LogP contribution is -1.95. The second-order valence-corrected chi connectivity index (χ2v) is 5.18. The van der Waals surface area contributed by atoms with Crippen molar-refractivity contribution in [2.75, 3.05) is 0 Å². The Bertz CT molecular complexity index is 991. The number of hydrogen-bond donors (Lipinski definition) is 2. The molecule has 0 spiro atoms. The minimum Gasteiger partial charge on any atom is -0.493 e. The summed E-state index contributed by atoms with van der Waals surface area (Å²) in [5.41, 5.74) is 1.61. The molecule has 1 heterocycles. The Morgan fingerprint density at radius 3 is 2.79 bits per heavy atom. The van der Waals surface area contributed by atoms with E-state index in [9.17, 15) is 20.0 Å². The molecule has 24 heavy (non-hydrogen) atoms. The highest BCUT2D eigenvalue weighted by Crippen LogP contribution is 2.36. The molecule has 0 unspecified atom stereocenters. The van der Waals surface area contributed by atoms with Gasteiger partial charge in [-0.15, -0.1) is 10.2 Å². The zero-order chi connectivity index (χ0) is 17.3. The third kappa shape index (κ3) is 2.84.